The Hall–Kier alpha value is -2.22. The van der Waals surface area contributed by atoms with Crippen molar-refractivity contribution in [2.24, 2.45) is 5.73 Å². The van der Waals surface area contributed by atoms with E-state index in [1.165, 1.54) is 14.0 Å². The quantitative estimate of drug-likeness (QED) is 0.802. The number of fused-ring (bicyclic) bond motifs is 1. The van der Waals surface area contributed by atoms with Crippen molar-refractivity contribution in [3.63, 3.8) is 0 Å². The number of halogens is 2. The average Bonchev–Trinajstić information content (AvgIpc) is 2.91. The van der Waals surface area contributed by atoms with Crippen LogP contribution >= 0.6 is 0 Å². The molecule has 4 N–H and O–H groups in total. The fourth-order valence-electron chi connectivity index (χ4n) is 2.03. The molecule has 0 aliphatic rings. The van der Waals surface area contributed by atoms with Gasteiger partial charge in [0.05, 0.1) is 12.5 Å². The van der Waals surface area contributed by atoms with E-state index in [0.29, 0.717) is 0 Å². The third-order valence-corrected chi connectivity index (χ3v) is 3.08. The van der Waals surface area contributed by atoms with E-state index < -0.39 is 23.6 Å². The molecule has 0 saturated carbocycles. The maximum Gasteiger partial charge on any atom is 0.320 e. The molecule has 122 valence electrons. The Labute approximate surface area is 126 Å². The summed E-state index contributed by atoms with van der Waals surface area (Å²) in [7, 11) is 1.23. The molecule has 1 atom stereocenters. The van der Waals surface area contributed by atoms with Crippen LogP contribution in [0.2, 0.25) is 0 Å². The van der Waals surface area contributed by atoms with Crippen LogP contribution < -0.4 is 10.5 Å². The fourth-order valence-corrected chi connectivity index (χ4v) is 2.03. The number of rotatable bonds is 4. The van der Waals surface area contributed by atoms with Gasteiger partial charge in [0.1, 0.15) is 17.4 Å². The van der Waals surface area contributed by atoms with Crippen molar-refractivity contribution in [3.8, 4) is 5.75 Å². The second-order valence-corrected chi connectivity index (χ2v) is 4.36. The highest BCUT2D eigenvalue weighted by molar-refractivity contribution is 5.86. The molecule has 8 heteroatoms. The van der Waals surface area contributed by atoms with Crippen molar-refractivity contribution in [1.82, 2.24) is 10.2 Å². The third-order valence-electron chi connectivity index (χ3n) is 3.08. The summed E-state index contributed by atoms with van der Waals surface area (Å²) in [5.41, 5.74) is 5.28. The number of carboxylic acids is 1. The van der Waals surface area contributed by atoms with Gasteiger partial charge >= 0.3 is 5.97 Å². The van der Waals surface area contributed by atoms with Gasteiger partial charge in [-0.15, -0.1) is 0 Å². The normalized spacial score (nSPS) is 11.8. The van der Waals surface area contributed by atoms with Gasteiger partial charge < -0.3 is 15.6 Å². The van der Waals surface area contributed by atoms with Crippen molar-refractivity contribution in [2.45, 2.75) is 33.2 Å². The van der Waals surface area contributed by atoms with Crippen LogP contribution in [0.5, 0.6) is 5.75 Å². The van der Waals surface area contributed by atoms with E-state index in [-0.39, 0.29) is 34.3 Å². The van der Waals surface area contributed by atoms with Gasteiger partial charge in [0, 0.05) is 17.7 Å². The predicted octanol–water partition coefficient (Wildman–Crippen LogP) is 2.14. The molecule has 6 nitrogen and oxygen atoms in total. The first kappa shape index (κ1) is 17.8. The first-order chi connectivity index (χ1) is 10.4. The van der Waals surface area contributed by atoms with Crippen LogP contribution in [0.15, 0.2) is 0 Å². The minimum Gasteiger partial charge on any atom is -0.493 e. The second kappa shape index (κ2) is 7.17. The van der Waals surface area contributed by atoms with Crippen molar-refractivity contribution in [2.75, 3.05) is 7.11 Å². The summed E-state index contributed by atoms with van der Waals surface area (Å²) >= 11 is 0. The number of methoxy groups -OCH3 is 1. The van der Waals surface area contributed by atoms with E-state index in [2.05, 4.69) is 10.2 Å². The summed E-state index contributed by atoms with van der Waals surface area (Å²) in [6, 6.07) is -1.23. The number of aromatic nitrogens is 2. The van der Waals surface area contributed by atoms with E-state index >= 15 is 0 Å². The summed E-state index contributed by atoms with van der Waals surface area (Å²) in [5.74, 6) is -2.97. The van der Waals surface area contributed by atoms with Gasteiger partial charge in [-0.1, -0.05) is 13.8 Å². The zero-order valence-corrected chi connectivity index (χ0v) is 12.8. The zero-order valence-electron chi connectivity index (χ0n) is 12.8. The number of benzene rings is 1. The van der Waals surface area contributed by atoms with Crippen molar-refractivity contribution in [3.05, 3.63) is 22.9 Å². The Morgan fingerprint density at radius 3 is 2.50 bits per heavy atom. The van der Waals surface area contributed by atoms with Crippen LogP contribution in [0.4, 0.5) is 8.78 Å². The number of H-pyrrole nitrogens is 1. The van der Waals surface area contributed by atoms with Gasteiger partial charge in [-0.25, -0.2) is 8.78 Å². The molecule has 22 heavy (non-hydrogen) atoms. The summed E-state index contributed by atoms with van der Waals surface area (Å²) in [6.45, 7) is 5.37. The minimum absolute atomic E-state index is 0.0101. The Morgan fingerprint density at radius 1 is 1.41 bits per heavy atom. The van der Waals surface area contributed by atoms with Crippen LogP contribution in [0.3, 0.4) is 0 Å². The van der Waals surface area contributed by atoms with Crippen LogP contribution in [0.25, 0.3) is 10.9 Å². The lowest BCUT2D eigenvalue weighted by molar-refractivity contribution is -0.138. The lowest BCUT2D eigenvalue weighted by Crippen LogP contribution is -2.32. The van der Waals surface area contributed by atoms with Crippen molar-refractivity contribution < 1.29 is 23.4 Å². The molecule has 2 rings (SSSR count). The highest BCUT2D eigenvalue weighted by atomic mass is 19.1. The Morgan fingerprint density at radius 2 is 2.00 bits per heavy atom. The molecule has 0 aliphatic carbocycles. The SMILES string of the molecule is CC.COc1c(C)c(F)c2c(CC(N)C(=O)O)[nH]nc2c1F. The average molecular weight is 315 g/mol. The van der Waals surface area contributed by atoms with Crippen LogP contribution in [0, 0.1) is 18.6 Å². The number of nitrogens with two attached hydrogens (primary N) is 1. The molecule has 2 aromatic rings. The molecule has 0 amide bonds. The van der Waals surface area contributed by atoms with Gasteiger partial charge in [0.2, 0.25) is 0 Å². The highest BCUT2D eigenvalue weighted by Gasteiger charge is 2.24. The molecule has 0 spiro atoms. The van der Waals surface area contributed by atoms with Gasteiger partial charge in [-0.3, -0.25) is 9.89 Å². The molecule has 0 aliphatic heterocycles. The smallest absolute Gasteiger partial charge is 0.320 e. The lowest BCUT2D eigenvalue weighted by Gasteiger charge is -2.09. The second-order valence-electron chi connectivity index (χ2n) is 4.36. The number of hydrogen-bond acceptors (Lipinski definition) is 4. The number of aliphatic carboxylic acids is 1. The first-order valence-corrected chi connectivity index (χ1v) is 6.75. The third kappa shape index (κ3) is 3.01. The molecule has 0 radical (unpaired) electrons. The van der Waals surface area contributed by atoms with E-state index in [0.717, 1.165) is 0 Å². The number of carboxylic acid groups (broad SMARTS) is 1. The summed E-state index contributed by atoms with van der Waals surface area (Å²) in [5, 5.41) is 14.8. The predicted molar refractivity (Wildman–Crippen MR) is 78.0 cm³/mol. The summed E-state index contributed by atoms with van der Waals surface area (Å²) < 4.78 is 33.2. The largest absolute Gasteiger partial charge is 0.493 e. The van der Waals surface area contributed by atoms with E-state index in [1.54, 1.807) is 0 Å². The molecule has 0 saturated heterocycles. The molecule has 1 aromatic heterocycles. The minimum atomic E-state index is -1.24. The van der Waals surface area contributed by atoms with Gasteiger partial charge in [-0.2, -0.15) is 5.10 Å². The van der Waals surface area contributed by atoms with Gasteiger partial charge in [0.15, 0.2) is 11.6 Å². The van der Waals surface area contributed by atoms with E-state index in [4.69, 9.17) is 15.6 Å². The Bertz CT molecular complexity index is 686. The maximum atomic E-state index is 14.3. The van der Waals surface area contributed by atoms with Crippen LogP contribution in [-0.4, -0.2) is 34.4 Å². The monoisotopic (exact) mass is 315 g/mol. The van der Waals surface area contributed by atoms with Crippen LogP contribution in [-0.2, 0) is 11.2 Å². The summed E-state index contributed by atoms with van der Waals surface area (Å²) in [4.78, 5) is 10.7. The van der Waals surface area contributed by atoms with Crippen LogP contribution in [0.1, 0.15) is 25.1 Å². The number of hydrogen-bond donors (Lipinski definition) is 3. The molecule has 0 bridgehead atoms. The zero-order chi connectivity index (χ0) is 17.0. The molecule has 1 unspecified atom stereocenters. The Balaban J connectivity index is 0.00000116. The van der Waals surface area contributed by atoms with Crippen molar-refractivity contribution in [1.29, 1.82) is 0 Å². The number of ether oxygens (including phenoxy) is 1. The number of aromatic amines is 1. The molecule has 1 aromatic carbocycles. The number of carbonyl (C=O) groups is 1. The number of nitrogens with one attached hydrogen (secondary N) is 1. The fraction of sp³-hybridized carbons (Fsp3) is 0.429. The molecule has 0 fully saturated rings. The number of nitrogens with zero attached hydrogens (tertiary/aromatic N) is 1. The Kier molecular flexibility index (Phi) is 5.81. The summed E-state index contributed by atoms with van der Waals surface area (Å²) in [6.07, 6.45) is -0.187. The standard InChI is InChI=1S/C12H13F2N3O3.C2H6/c1-4-8(13)7-6(3-5(15)12(18)19)16-17-10(7)9(14)11(4)20-2;1-2/h5H,3,15H2,1-2H3,(H,16,17)(H,18,19);1-2H3. The topological polar surface area (TPSA) is 101 Å². The molecule has 1 heterocycles. The maximum absolute atomic E-state index is 14.3. The molecular formula is C14H19F2N3O3. The molecular weight excluding hydrogens is 296 g/mol. The first-order valence-electron chi connectivity index (χ1n) is 6.75. The van der Waals surface area contributed by atoms with Crippen molar-refractivity contribution >= 4 is 16.9 Å². The van der Waals surface area contributed by atoms with E-state index in [1.807, 2.05) is 13.8 Å². The van der Waals surface area contributed by atoms with Gasteiger partial charge in [-0.05, 0) is 6.92 Å². The highest BCUT2D eigenvalue weighted by Crippen LogP contribution is 2.33. The van der Waals surface area contributed by atoms with E-state index in [9.17, 15) is 13.6 Å². The lowest BCUT2D eigenvalue weighted by atomic mass is 10.0. The van der Waals surface area contributed by atoms with Gasteiger partial charge in [0.25, 0.3) is 0 Å².